The standard InChI is InChI=1S/C19H20ClFN4O2/c1-11-10-23-25(2)17(11)15-8-16(27-18(15)20)19(26)24-14(9-22)7-12-3-5-13(21)6-4-12/h3-6,8,10,14H,7,9,22H2,1-2H3,(H,24,26)/t14-/m0/s1. The third kappa shape index (κ3) is 4.20. The van der Waals surface area contributed by atoms with Crippen LogP contribution < -0.4 is 11.1 Å². The van der Waals surface area contributed by atoms with Crippen molar-refractivity contribution >= 4 is 17.5 Å². The van der Waals surface area contributed by atoms with Crippen molar-refractivity contribution in [3.8, 4) is 11.3 Å². The number of hydrogen-bond donors (Lipinski definition) is 2. The Hall–Kier alpha value is -2.64. The first kappa shape index (κ1) is 19.1. The Morgan fingerprint density at radius 3 is 2.70 bits per heavy atom. The highest BCUT2D eigenvalue weighted by molar-refractivity contribution is 6.31. The molecule has 3 N–H and O–H groups in total. The summed E-state index contributed by atoms with van der Waals surface area (Å²) in [6, 6.07) is 7.34. The molecule has 142 valence electrons. The van der Waals surface area contributed by atoms with E-state index in [4.69, 9.17) is 21.8 Å². The molecule has 2 aromatic heterocycles. The molecule has 3 aromatic rings. The molecule has 0 aliphatic heterocycles. The SMILES string of the molecule is Cc1cnn(C)c1-c1cc(C(=O)N[C@H](CN)Cc2ccc(F)cc2)oc1Cl. The van der Waals surface area contributed by atoms with Gasteiger partial charge in [-0.05, 0) is 48.2 Å². The van der Waals surface area contributed by atoms with Crippen LogP contribution in [0.4, 0.5) is 4.39 Å². The minimum Gasteiger partial charge on any atom is -0.439 e. The van der Waals surface area contributed by atoms with Crippen LogP contribution in [-0.4, -0.2) is 28.3 Å². The quantitative estimate of drug-likeness (QED) is 0.677. The number of nitrogens with zero attached hydrogens (tertiary/aromatic N) is 2. The molecular weight excluding hydrogens is 371 g/mol. The Balaban J connectivity index is 1.75. The number of carbonyl (C=O) groups excluding carboxylic acids is 1. The van der Waals surface area contributed by atoms with Crippen LogP contribution in [0.25, 0.3) is 11.3 Å². The number of rotatable bonds is 6. The van der Waals surface area contributed by atoms with Crippen molar-refractivity contribution in [2.45, 2.75) is 19.4 Å². The summed E-state index contributed by atoms with van der Waals surface area (Å²) in [7, 11) is 1.79. The second kappa shape index (κ2) is 7.94. The lowest BCUT2D eigenvalue weighted by molar-refractivity contribution is 0.0910. The number of nitrogens with one attached hydrogen (secondary N) is 1. The summed E-state index contributed by atoms with van der Waals surface area (Å²) in [6.45, 7) is 2.13. The van der Waals surface area contributed by atoms with E-state index in [0.29, 0.717) is 12.0 Å². The fourth-order valence-corrected chi connectivity index (χ4v) is 3.16. The number of aryl methyl sites for hydroxylation is 2. The van der Waals surface area contributed by atoms with Gasteiger partial charge < -0.3 is 15.5 Å². The van der Waals surface area contributed by atoms with Gasteiger partial charge in [-0.3, -0.25) is 9.48 Å². The number of amides is 1. The molecule has 0 unspecified atom stereocenters. The molecule has 0 saturated carbocycles. The largest absolute Gasteiger partial charge is 0.439 e. The molecule has 3 rings (SSSR count). The van der Waals surface area contributed by atoms with Crippen LogP contribution in [0.15, 0.2) is 40.9 Å². The number of furan rings is 1. The van der Waals surface area contributed by atoms with E-state index in [0.717, 1.165) is 16.8 Å². The Bertz CT molecular complexity index is 930. The van der Waals surface area contributed by atoms with E-state index in [1.54, 1.807) is 36.1 Å². The molecule has 2 heterocycles. The highest BCUT2D eigenvalue weighted by Crippen LogP contribution is 2.32. The lowest BCUT2D eigenvalue weighted by Gasteiger charge is -2.16. The maximum atomic E-state index is 13.0. The predicted octanol–water partition coefficient (Wildman–Crippen LogP) is 3.08. The number of aromatic nitrogens is 2. The zero-order valence-corrected chi connectivity index (χ0v) is 15.8. The van der Waals surface area contributed by atoms with Gasteiger partial charge in [-0.25, -0.2) is 4.39 Å². The molecule has 0 aliphatic rings. The van der Waals surface area contributed by atoms with Crippen LogP contribution in [0.2, 0.25) is 5.22 Å². The van der Waals surface area contributed by atoms with Crippen molar-refractivity contribution in [2.24, 2.45) is 12.8 Å². The van der Waals surface area contributed by atoms with Crippen molar-refractivity contribution in [3.63, 3.8) is 0 Å². The molecule has 0 aliphatic carbocycles. The van der Waals surface area contributed by atoms with Crippen molar-refractivity contribution < 1.29 is 13.6 Å². The van der Waals surface area contributed by atoms with Gasteiger partial charge in [0.05, 0.1) is 17.5 Å². The van der Waals surface area contributed by atoms with Gasteiger partial charge >= 0.3 is 0 Å². The van der Waals surface area contributed by atoms with Gasteiger partial charge in [0.2, 0.25) is 5.22 Å². The first-order valence-electron chi connectivity index (χ1n) is 8.42. The number of hydrogen-bond acceptors (Lipinski definition) is 4. The molecule has 0 bridgehead atoms. The molecule has 1 aromatic carbocycles. The molecule has 0 fully saturated rings. The molecular formula is C19H20ClFN4O2. The van der Waals surface area contributed by atoms with Crippen molar-refractivity contribution in [1.29, 1.82) is 0 Å². The molecule has 0 saturated heterocycles. The van der Waals surface area contributed by atoms with Crippen LogP contribution in [0.3, 0.4) is 0 Å². The van der Waals surface area contributed by atoms with E-state index >= 15 is 0 Å². The molecule has 6 nitrogen and oxygen atoms in total. The lowest BCUT2D eigenvalue weighted by atomic mass is 10.1. The summed E-state index contributed by atoms with van der Waals surface area (Å²) in [5.74, 6) is -0.635. The van der Waals surface area contributed by atoms with E-state index in [2.05, 4.69) is 10.4 Å². The molecule has 1 atom stereocenters. The third-order valence-electron chi connectivity index (χ3n) is 4.30. The van der Waals surface area contributed by atoms with Crippen molar-refractivity contribution in [1.82, 2.24) is 15.1 Å². The van der Waals surface area contributed by atoms with Gasteiger partial charge in [0, 0.05) is 25.7 Å². The summed E-state index contributed by atoms with van der Waals surface area (Å²) < 4.78 is 20.1. The highest BCUT2D eigenvalue weighted by atomic mass is 35.5. The van der Waals surface area contributed by atoms with Crippen LogP contribution in [0.5, 0.6) is 0 Å². The molecule has 0 radical (unpaired) electrons. The fraction of sp³-hybridized carbons (Fsp3) is 0.263. The second-order valence-electron chi connectivity index (χ2n) is 6.33. The molecule has 0 spiro atoms. The average Bonchev–Trinajstić information content (AvgIpc) is 3.18. The Labute approximate surface area is 161 Å². The van der Waals surface area contributed by atoms with Crippen LogP contribution >= 0.6 is 11.6 Å². The maximum Gasteiger partial charge on any atom is 0.287 e. The van der Waals surface area contributed by atoms with E-state index < -0.39 is 5.91 Å². The summed E-state index contributed by atoms with van der Waals surface area (Å²) in [4.78, 5) is 12.6. The number of benzene rings is 1. The summed E-state index contributed by atoms with van der Waals surface area (Å²) in [5, 5.41) is 7.12. The predicted molar refractivity (Wildman–Crippen MR) is 101 cm³/mol. The van der Waals surface area contributed by atoms with E-state index in [1.165, 1.54) is 12.1 Å². The van der Waals surface area contributed by atoms with Gasteiger partial charge in [-0.2, -0.15) is 5.10 Å². The number of halogens is 2. The average molecular weight is 391 g/mol. The van der Waals surface area contributed by atoms with Crippen LogP contribution in [-0.2, 0) is 13.5 Å². The summed E-state index contributed by atoms with van der Waals surface area (Å²) >= 11 is 6.19. The number of nitrogens with two attached hydrogens (primary N) is 1. The first-order chi connectivity index (χ1) is 12.9. The minimum atomic E-state index is -0.416. The maximum absolute atomic E-state index is 13.0. The van der Waals surface area contributed by atoms with Crippen LogP contribution in [0.1, 0.15) is 21.7 Å². The fourth-order valence-electron chi connectivity index (χ4n) is 2.93. The smallest absolute Gasteiger partial charge is 0.287 e. The van der Waals surface area contributed by atoms with Gasteiger partial charge in [0.15, 0.2) is 5.76 Å². The minimum absolute atomic E-state index is 0.0909. The summed E-state index contributed by atoms with van der Waals surface area (Å²) in [5.41, 5.74) is 8.94. The van der Waals surface area contributed by atoms with Gasteiger partial charge in [0.1, 0.15) is 5.82 Å². The molecule has 1 amide bonds. The third-order valence-corrected chi connectivity index (χ3v) is 4.58. The monoisotopic (exact) mass is 390 g/mol. The summed E-state index contributed by atoms with van der Waals surface area (Å²) in [6.07, 6.45) is 2.19. The van der Waals surface area contributed by atoms with Crippen molar-refractivity contribution in [2.75, 3.05) is 6.54 Å². The second-order valence-corrected chi connectivity index (χ2v) is 6.68. The van der Waals surface area contributed by atoms with E-state index in [1.807, 2.05) is 6.92 Å². The Morgan fingerprint density at radius 2 is 2.11 bits per heavy atom. The normalized spacial score (nSPS) is 12.2. The zero-order valence-electron chi connectivity index (χ0n) is 15.0. The molecule has 27 heavy (non-hydrogen) atoms. The van der Waals surface area contributed by atoms with Crippen LogP contribution in [0, 0.1) is 12.7 Å². The van der Waals surface area contributed by atoms with Gasteiger partial charge in [-0.15, -0.1) is 0 Å². The lowest BCUT2D eigenvalue weighted by Crippen LogP contribution is -2.41. The van der Waals surface area contributed by atoms with E-state index in [-0.39, 0.29) is 29.4 Å². The Kier molecular flexibility index (Phi) is 5.62. The van der Waals surface area contributed by atoms with Crippen molar-refractivity contribution in [3.05, 3.63) is 64.5 Å². The van der Waals surface area contributed by atoms with Gasteiger partial charge in [0.25, 0.3) is 5.91 Å². The van der Waals surface area contributed by atoms with Gasteiger partial charge in [-0.1, -0.05) is 12.1 Å². The first-order valence-corrected chi connectivity index (χ1v) is 8.80. The molecule has 8 heteroatoms. The number of carbonyl (C=O) groups is 1. The topological polar surface area (TPSA) is 86.1 Å². The highest BCUT2D eigenvalue weighted by Gasteiger charge is 2.22. The van der Waals surface area contributed by atoms with E-state index in [9.17, 15) is 9.18 Å². The Morgan fingerprint density at radius 1 is 1.41 bits per heavy atom. The zero-order chi connectivity index (χ0) is 19.6.